The second kappa shape index (κ2) is 8.51. The van der Waals surface area contributed by atoms with Gasteiger partial charge in [-0.25, -0.2) is 14.5 Å². The molecule has 150 valence electrons. The average molecular weight is 395 g/mol. The Labute approximate surface area is 167 Å². The van der Waals surface area contributed by atoms with E-state index < -0.39 is 5.97 Å². The van der Waals surface area contributed by atoms with Crippen LogP contribution in [0.1, 0.15) is 19.9 Å². The molecule has 0 unspecified atom stereocenters. The molecule has 0 atom stereocenters. The van der Waals surface area contributed by atoms with Crippen LogP contribution in [0.4, 0.5) is 5.95 Å². The summed E-state index contributed by atoms with van der Waals surface area (Å²) < 4.78 is 11.6. The molecule has 0 saturated heterocycles. The van der Waals surface area contributed by atoms with E-state index in [4.69, 9.17) is 10.5 Å². The van der Waals surface area contributed by atoms with Crippen LogP contribution in [0, 0.1) is 0 Å². The lowest BCUT2D eigenvalue weighted by molar-refractivity contribution is -0.143. The number of benzene rings is 1. The predicted molar refractivity (Wildman–Crippen MR) is 107 cm³/mol. The van der Waals surface area contributed by atoms with Gasteiger partial charge in [-0.3, -0.25) is 4.79 Å². The molecule has 2 N–H and O–H groups in total. The van der Waals surface area contributed by atoms with Crippen molar-refractivity contribution < 1.29 is 14.3 Å². The Bertz CT molecular complexity index is 1080. The number of nitrogen functional groups attached to an aromatic ring is 1. The SMILES string of the molecule is COC(=O)COc1nc(N)nc(-c2ccccc2)c1-c1ccc(=O)n(C(C)C)n1. The molecule has 0 bridgehead atoms. The number of carbonyl (C=O) groups excluding carboxylic acids is 1. The van der Waals surface area contributed by atoms with E-state index in [0.717, 1.165) is 5.56 Å². The van der Waals surface area contributed by atoms with Gasteiger partial charge in [0.2, 0.25) is 11.8 Å². The summed E-state index contributed by atoms with van der Waals surface area (Å²) >= 11 is 0. The second-order valence-electron chi connectivity index (χ2n) is 6.44. The Kier molecular flexibility index (Phi) is 5.87. The third-order valence-corrected chi connectivity index (χ3v) is 4.07. The van der Waals surface area contributed by atoms with Crippen molar-refractivity contribution in [2.24, 2.45) is 0 Å². The first-order valence-corrected chi connectivity index (χ1v) is 8.93. The van der Waals surface area contributed by atoms with Gasteiger partial charge in [-0.05, 0) is 19.9 Å². The van der Waals surface area contributed by atoms with Crippen LogP contribution in [0.15, 0.2) is 47.3 Å². The van der Waals surface area contributed by atoms with E-state index in [1.807, 2.05) is 44.2 Å². The van der Waals surface area contributed by atoms with Crippen LogP contribution in [-0.2, 0) is 9.53 Å². The Morgan fingerprint density at radius 1 is 1.14 bits per heavy atom. The zero-order valence-corrected chi connectivity index (χ0v) is 16.3. The number of methoxy groups -OCH3 is 1. The number of ether oxygens (including phenoxy) is 2. The highest BCUT2D eigenvalue weighted by Crippen LogP contribution is 2.36. The van der Waals surface area contributed by atoms with Crippen molar-refractivity contribution in [2.75, 3.05) is 19.5 Å². The van der Waals surface area contributed by atoms with Gasteiger partial charge in [0.15, 0.2) is 6.61 Å². The summed E-state index contributed by atoms with van der Waals surface area (Å²) in [6, 6.07) is 12.1. The fourth-order valence-corrected chi connectivity index (χ4v) is 2.71. The number of nitrogens with two attached hydrogens (primary N) is 1. The third kappa shape index (κ3) is 4.40. The number of hydrogen-bond donors (Lipinski definition) is 1. The van der Waals surface area contributed by atoms with Gasteiger partial charge in [0.25, 0.3) is 5.56 Å². The zero-order valence-electron chi connectivity index (χ0n) is 16.3. The van der Waals surface area contributed by atoms with Crippen molar-refractivity contribution >= 4 is 11.9 Å². The normalized spacial score (nSPS) is 10.8. The number of rotatable bonds is 6. The number of hydrogen-bond acceptors (Lipinski definition) is 8. The van der Waals surface area contributed by atoms with Crippen LogP contribution >= 0.6 is 0 Å². The molecule has 3 rings (SSSR count). The van der Waals surface area contributed by atoms with Crippen LogP contribution in [0.5, 0.6) is 5.88 Å². The maximum Gasteiger partial charge on any atom is 0.343 e. The molecule has 0 fully saturated rings. The summed E-state index contributed by atoms with van der Waals surface area (Å²) in [6.45, 7) is 3.34. The van der Waals surface area contributed by atoms with Crippen molar-refractivity contribution in [1.29, 1.82) is 0 Å². The summed E-state index contributed by atoms with van der Waals surface area (Å²) in [5.41, 5.74) is 7.71. The lowest BCUT2D eigenvalue weighted by atomic mass is 10.0. The quantitative estimate of drug-likeness (QED) is 0.630. The average Bonchev–Trinajstić information content (AvgIpc) is 2.72. The van der Waals surface area contributed by atoms with Crippen LogP contribution in [0.3, 0.4) is 0 Å². The fraction of sp³-hybridized carbons (Fsp3) is 0.250. The first-order valence-electron chi connectivity index (χ1n) is 8.93. The Hall–Kier alpha value is -3.75. The number of esters is 1. The lowest BCUT2D eigenvalue weighted by Crippen LogP contribution is -2.24. The first-order chi connectivity index (χ1) is 13.9. The van der Waals surface area contributed by atoms with Crippen LogP contribution in [0.25, 0.3) is 22.5 Å². The van der Waals surface area contributed by atoms with Gasteiger partial charge in [0.1, 0.15) is 0 Å². The van der Waals surface area contributed by atoms with Crippen molar-refractivity contribution in [1.82, 2.24) is 19.7 Å². The standard InChI is InChI=1S/C20H21N5O4/c1-12(2)25-15(26)10-9-14(24-25)17-18(13-7-5-4-6-8-13)22-20(21)23-19(17)29-11-16(27)28-3/h4-10,12H,11H2,1-3H3,(H2,21,22,23). The van der Waals surface area contributed by atoms with Crippen molar-refractivity contribution in [3.05, 3.63) is 52.8 Å². The Morgan fingerprint density at radius 3 is 2.52 bits per heavy atom. The van der Waals surface area contributed by atoms with Gasteiger partial charge in [-0.15, -0.1) is 0 Å². The topological polar surface area (TPSA) is 122 Å². The molecule has 9 nitrogen and oxygen atoms in total. The van der Waals surface area contributed by atoms with E-state index in [1.165, 1.54) is 17.9 Å². The smallest absolute Gasteiger partial charge is 0.343 e. The maximum absolute atomic E-state index is 12.1. The summed E-state index contributed by atoms with van der Waals surface area (Å²) in [5.74, 6) is -0.526. The van der Waals surface area contributed by atoms with E-state index in [1.54, 1.807) is 6.07 Å². The molecule has 0 aliphatic carbocycles. The van der Waals surface area contributed by atoms with Crippen molar-refractivity contribution in [3.63, 3.8) is 0 Å². The monoisotopic (exact) mass is 395 g/mol. The van der Waals surface area contributed by atoms with Gasteiger partial charge >= 0.3 is 5.97 Å². The molecule has 0 spiro atoms. The molecule has 0 aliphatic heterocycles. The molecule has 2 heterocycles. The minimum Gasteiger partial charge on any atom is -0.466 e. The van der Waals surface area contributed by atoms with Gasteiger partial charge in [-0.1, -0.05) is 30.3 Å². The first kappa shape index (κ1) is 20.0. The van der Waals surface area contributed by atoms with E-state index in [9.17, 15) is 9.59 Å². The zero-order chi connectivity index (χ0) is 21.0. The molecule has 0 amide bonds. The van der Waals surface area contributed by atoms with Gasteiger partial charge in [0.05, 0.1) is 30.1 Å². The molecular weight excluding hydrogens is 374 g/mol. The maximum atomic E-state index is 12.1. The van der Waals surface area contributed by atoms with E-state index in [0.29, 0.717) is 17.0 Å². The molecule has 0 aliphatic rings. The Morgan fingerprint density at radius 2 is 1.86 bits per heavy atom. The molecule has 9 heteroatoms. The number of anilines is 1. The second-order valence-corrected chi connectivity index (χ2v) is 6.44. The summed E-state index contributed by atoms with van der Waals surface area (Å²) in [6.07, 6.45) is 0. The van der Waals surface area contributed by atoms with E-state index in [-0.39, 0.29) is 30.0 Å². The van der Waals surface area contributed by atoms with Crippen molar-refractivity contribution in [3.8, 4) is 28.4 Å². The highest BCUT2D eigenvalue weighted by molar-refractivity contribution is 5.83. The van der Waals surface area contributed by atoms with Gasteiger partial charge in [0, 0.05) is 11.6 Å². The molecule has 3 aromatic rings. The molecule has 1 aromatic carbocycles. The molecule has 0 saturated carbocycles. The summed E-state index contributed by atoms with van der Waals surface area (Å²) in [4.78, 5) is 32.2. The predicted octanol–water partition coefficient (Wildman–Crippen LogP) is 2.08. The van der Waals surface area contributed by atoms with E-state index >= 15 is 0 Å². The lowest BCUT2D eigenvalue weighted by Gasteiger charge is -2.16. The minimum absolute atomic E-state index is 0.0235. The largest absolute Gasteiger partial charge is 0.466 e. The summed E-state index contributed by atoms with van der Waals surface area (Å²) in [7, 11) is 1.26. The molecular formula is C20H21N5O4. The highest BCUT2D eigenvalue weighted by Gasteiger charge is 2.21. The van der Waals surface area contributed by atoms with Crippen LogP contribution in [0.2, 0.25) is 0 Å². The number of carbonyl (C=O) groups is 1. The summed E-state index contributed by atoms with van der Waals surface area (Å²) in [5, 5.41) is 4.45. The third-order valence-electron chi connectivity index (χ3n) is 4.07. The molecule has 2 aromatic heterocycles. The minimum atomic E-state index is -0.575. The number of aromatic nitrogens is 4. The Balaban J connectivity index is 2.25. The molecule has 0 radical (unpaired) electrons. The van der Waals surface area contributed by atoms with Crippen LogP contribution < -0.4 is 16.0 Å². The fourth-order valence-electron chi connectivity index (χ4n) is 2.71. The number of nitrogens with zero attached hydrogens (tertiary/aromatic N) is 4. The van der Waals surface area contributed by atoms with Gasteiger partial charge < -0.3 is 15.2 Å². The van der Waals surface area contributed by atoms with Gasteiger partial charge in [-0.2, -0.15) is 10.1 Å². The van der Waals surface area contributed by atoms with Crippen molar-refractivity contribution in [2.45, 2.75) is 19.9 Å². The molecule has 29 heavy (non-hydrogen) atoms. The van der Waals surface area contributed by atoms with Crippen LogP contribution in [-0.4, -0.2) is 39.4 Å². The highest BCUT2D eigenvalue weighted by atomic mass is 16.6. The van der Waals surface area contributed by atoms with E-state index in [2.05, 4.69) is 19.8 Å².